The first-order valence-corrected chi connectivity index (χ1v) is 6.16. The van der Waals surface area contributed by atoms with Gasteiger partial charge >= 0.3 is 5.97 Å². The predicted molar refractivity (Wildman–Crippen MR) is 74.5 cm³/mol. The molecule has 0 heterocycles. The van der Waals surface area contributed by atoms with Gasteiger partial charge in [0.05, 0.1) is 4.92 Å². The molecule has 1 N–H and O–H groups in total. The Balaban J connectivity index is 2.57. The van der Waals surface area contributed by atoms with E-state index in [1.165, 1.54) is 12.1 Å². The lowest BCUT2D eigenvalue weighted by Gasteiger charge is -2.10. The molecule has 1 unspecified atom stereocenters. The molecular formula is C15H10FNO5. The van der Waals surface area contributed by atoms with E-state index in [0.717, 1.165) is 18.2 Å². The van der Waals surface area contributed by atoms with Crippen molar-refractivity contribution in [3.05, 3.63) is 75.3 Å². The Labute approximate surface area is 124 Å². The van der Waals surface area contributed by atoms with Crippen LogP contribution in [0.15, 0.2) is 48.5 Å². The molecule has 2 aromatic rings. The molecule has 0 aliphatic carbocycles. The van der Waals surface area contributed by atoms with Crippen molar-refractivity contribution in [3.8, 4) is 0 Å². The van der Waals surface area contributed by atoms with Crippen LogP contribution in [0.5, 0.6) is 0 Å². The van der Waals surface area contributed by atoms with Gasteiger partial charge in [0.2, 0.25) is 6.17 Å². The van der Waals surface area contributed by atoms with Crippen LogP contribution in [0.1, 0.15) is 27.7 Å². The third kappa shape index (κ3) is 2.98. The van der Waals surface area contributed by atoms with Gasteiger partial charge in [-0.05, 0) is 6.07 Å². The van der Waals surface area contributed by atoms with Crippen LogP contribution in [0, 0.1) is 10.1 Å². The molecule has 0 radical (unpaired) electrons. The van der Waals surface area contributed by atoms with Crippen LogP contribution >= 0.6 is 0 Å². The number of benzene rings is 2. The van der Waals surface area contributed by atoms with E-state index < -0.39 is 34.1 Å². The number of hydrogen-bond acceptors (Lipinski definition) is 4. The van der Waals surface area contributed by atoms with E-state index in [9.17, 15) is 24.1 Å². The molecule has 0 amide bonds. The Hall–Kier alpha value is -3.09. The monoisotopic (exact) mass is 303 g/mol. The minimum absolute atomic E-state index is 0.216. The van der Waals surface area contributed by atoms with E-state index in [0.29, 0.717) is 0 Å². The quantitative estimate of drug-likeness (QED) is 0.520. The molecule has 0 fully saturated rings. The number of alkyl halides is 1. The van der Waals surface area contributed by atoms with Gasteiger partial charge in [0.25, 0.3) is 5.69 Å². The Kier molecular flexibility index (Phi) is 4.26. The fourth-order valence-electron chi connectivity index (χ4n) is 1.96. The molecule has 6 nitrogen and oxygen atoms in total. The number of rotatable bonds is 5. The molecule has 7 heteroatoms. The number of carboxylic acid groups (broad SMARTS) is 1. The summed E-state index contributed by atoms with van der Waals surface area (Å²) >= 11 is 0. The smallest absolute Gasteiger partial charge is 0.343 e. The third-order valence-corrected chi connectivity index (χ3v) is 3.02. The van der Waals surface area contributed by atoms with Crippen molar-refractivity contribution in [2.75, 3.05) is 0 Å². The zero-order valence-electron chi connectivity index (χ0n) is 11.1. The molecule has 0 saturated heterocycles. The lowest BCUT2D eigenvalue weighted by atomic mass is 9.95. The second-order valence-corrected chi connectivity index (χ2v) is 4.42. The van der Waals surface area contributed by atoms with Crippen LogP contribution in [0.2, 0.25) is 0 Å². The van der Waals surface area contributed by atoms with Gasteiger partial charge in [-0.3, -0.25) is 14.9 Å². The zero-order valence-corrected chi connectivity index (χ0v) is 11.1. The lowest BCUT2D eigenvalue weighted by Crippen LogP contribution is -2.13. The van der Waals surface area contributed by atoms with Crippen molar-refractivity contribution >= 4 is 17.4 Å². The van der Waals surface area contributed by atoms with Gasteiger partial charge in [0, 0.05) is 28.8 Å². The standard InChI is InChI=1S/C15H10FNO5/c16-13(15(19)20)12-8-10(17(21)22)6-7-11(12)14(18)9-4-2-1-3-5-9/h1-8,13H,(H,19,20). The largest absolute Gasteiger partial charge is 0.479 e. The van der Waals surface area contributed by atoms with Gasteiger partial charge in [-0.25, -0.2) is 9.18 Å². The van der Waals surface area contributed by atoms with Crippen LogP contribution in [-0.4, -0.2) is 21.8 Å². The first kappa shape index (κ1) is 15.3. The van der Waals surface area contributed by atoms with Crippen LogP contribution < -0.4 is 0 Å². The van der Waals surface area contributed by atoms with E-state index in [2.05, 4.69) is 0 Å². The van der Waals surface area contributed by atoms with Gasteiger partial charge in [-0.2, -0.15) is 0 Å². The number of nitro benzene ring substituents is 1. The minimum atomic E-state index is -2.53. The molecule has 0 aromatic heterocycles. The number of halogens is 1. The van der Waals surface area contributed by atoms with Gasteiger partial charge in [-0.1, -0.05) is 30.3 Å². The van der Waals surface area contributed by atoms with Crippen LogP contribution in [-0.2, 0) is 4.79 Å². The molecule has 1 atom stereocenters. The van der Waals surface area contributed by atoms with Crippen LogP contribution in [0.3, 0.4) is 0 Å². The van der Waals surface area contributed by atoms with Crippen LogP contribution in [0.4, 0.5) is 10.1 Å². The topological polar surface area (TPSA) is 97.5 Å². The predicted octanol–water partition coefficient (Wildman–Crippen LogP) is 2.92. The van der Waals surface area contributed by atoms with E-state index in [4.69, 9.17) is 5.11 Å². The maximum absolute atomic E-state index is 13.9. The van der Waals surface area contributed by atoms with Gasteiger partial charge in [0.15, 0.2) is 5.78 Å². The summed E-state index contributed by atoms with van der Waals surface area (Å²) < 4.78 is 13.9. The highest BCUT2D eigenvalue weighted by Gasteiger charge is 2.27. The van der Waals surface area contributed by atoms with Gasteiger partial charge in [-0.15, -0.1) is 0 Å². The van der Waals surface area contributed by atoms with E-state index >= 15 is 0 Å². The number of non-ortho nitro benzene ring substituents is 1. The molecule has 2 aromatic carbocycles. The molecule has 0 aliphatic heterocycles. The highest BCUT2D eigenvalue weighted by molar-refractivity contribution is 6.10. The SMILES string of the molecule is O=C(c1ccccc1)c1ccc([N+](=O)[O-])cc1C(F)C(=O)O. The normalized spacial score (nSPS) is 11.7. The second kappa shape index (κ2) is 6.13. The van der Waals surface area contributed by atoms with Gasteiger partial charge in [0.1, 0.15) is 0 Å². The number of carboxylic acids is 1. The summed E-state index contributed by atoms with van der Waals surface area (Å²) in [5.74, 6) is -2.42. The summed E-state index contributed by atoms with van der Waals surface area (Å²) in [4.78, 5) is 33.1. The van der Waals surface area contributed by atoms with Crippen molar-refractivity contribution in [1.82, 2.24) is 0 Å². The fourth-order valence-corrected chi connectivity index (χ4v) is 1.96. The van der Waals surface area contributed by atoms with Crippen molar-refractivity contribution in [2.45, 2.75) is 6.17 Å². The van der Waals surface area contributed by atoms with Crippen molar-refractivity contribution in [2.24, 2.45) is 0 Å². The Morgan fingerprint density at radius 1 is 1.14 bits per heavy atom. The summed E-state index contributed by atoms with van der Waals surface area (Å²) in [5.41, 5.74) is -0.999. The number of aliphatic carboxylic acids is 1. The number of nitrogens with zero attached hydrogens (tertiary/aromatic N) is 1. The summed E-state index contributed by atoms with van der Waals surface area (Å²) in [6.07, 6.45) is -2.53. The summed E-state index contributed by atoms with van der Waals surface area (Å²) in [5, 5.41) is 19.5. The Bertz CT molecular complexity index is 745. The maximum atomic E-state index is 13.9. The first-order valence-electron chi connectivity index (χ1n) is 6.16. The van der Waals surface area contributed by atoms with Gasteiger partial charge < -0.3 is 5.11 Å². The molecular weight excluding hydrogens is 293 g/mol. The molecule has 0 saturated carbocycles. The maximum Gasteiger partial charge on any atom is 0.343 e. The van der Waals surface area contributed by atoms with E-state index in [1.807, 2.05) is 0 Å². The van der Waals surface area contributed by atoms with Crippen molar-refractivity contribution in [3.63, 3.8) is 0 Å². The van der Waals surface area contributed by atoms with Crippen molar-refractivity contribution in [1.29, 1.82) is 0 Å². The lowest BCUT2D eigenvalue weighted by molar-refractivity contribution is -0.384. The van der Waals surface area contributed by atoms with E-state index in [1.54, 1.807) is 18.2 Å². The number of carbonyl (C=O) groups excluding carboxylic acids is 1. The highest BCUT2D eigenvalue weighted by atomic mass is 19.1. The Morgan fingerprint density at radius 3 is 2.32 bits per heavy atom. The third-order valence-electron chi connectivity index (χ3n) is 3.02. The summed E-state index contributed by atoms with van der Waals surface area (Å²) in [6.45, 7) is 0. The number of hydrogen-bond donors (Lipinski definition) is 1. The fraction of sp³-hybridized carbons (Fsp3) is 0.0667. The first-order chi connectivity index (χ1) is 10.4. The summed E-state index contributed by atoms with van der Waals surface area (Å²) in [6, 6.07) is 10.7. The average Bonchev–Trinajstić information content (AvgIpc) is 2.53. The highest BCUT2D eigenvalue weighted by Crippen LogP contribution is 2.28. The molecule has 0 bridgehead atoms. The zero-order chi connectivity index (χ0) is 16.3. The number of nitro groups is 1. The molecule has 0 aliphatic rings. The minimum Gasteiger partial charge on any atom is -0.479 e. The second-order valence-electron chi connectivity index (χ2n) is 4.42. The summed E-state index contributed by atoms with van der Waals surface area (Å²) in [7, 11) is 0. The number of ketones is 1. The molecule has 22 heavy (non-hydrogen) atoms. The number of carbonyl (C=O) groups is 2. The van der Waals surface area contributed by atoms with Crippen molar-refractivity contribution < 1.29 is 24.0 Å². The average molecular weight is 303 g/mol. The molecule has 2 rings (SSSR count). The Morgan fingerprint density at radius 2 is 1.77 bits per heavy atom. The van der Waals surface area contributed by atoms with E-state index in [-0.39, 0.29) is 11.1 Å². The molecule has 0 spiro atoms. The van der Waals surface area contributed by atoms with Crippen LogP contribution in [0.25, 0.3) is 0 Å². The molecule has 112 valence electrons.